The lowest BCUT2D eigenvalue weighted by Gasteiger charge is -2.28. The van der Waals surface area contributed by atoms with E-state index in [2.05, 4.69) is 20.8 Å². The van der Waals surface area contributed by atoms with E-state index in [1.165, 1.54) is 23.1 Å². The summed E-state index contributed by atoms with van der Waals surface area (Å²) in [5.41, 5.74) is 0.811. The van der Waals surface area contributed by atoms with E-state index in [1.54, 1.807) is 12.1 Å². The third-order valence-corrected chi connectivity index (χ3v) is 5.32. The molecule has 4 rings (SSSR count). The van der Waals surface area contributed by atoms with E-state index >= 15 is 0 Å². The van der Waals surface area contributed by atoms with Crippen LogP contribution in [0.25, 0.3) is 5.69 Å². The number of rotatable bonds is 4. The van der Waals surface area contributed by atoms with E-state index in [0.29, 0.717) is 23.6 Å². The van der Waals surface area contributed by atoms with Gasteiger partial charge >= 0.3 is 0 Å². The van der Waals surface area contributed by atoms with Crippen molar-refractivity contribution in [2.75, 3.05) is 5.32 Å². The predicted octanol–water partition coefficient (Wildman–Crippen LogP) is 3.91. The standard InChI is InChI=1S/C19H17ClFN5O/c20-14-5-3-4-13(10-14)19(8-1-2-9-19)18(27)23-17-11-15(6-7-16(17)21)26-12-22-24-25-26/h3-7,10-12H,1-2,8-9H2,(H,23,27). The first-order valence-corrected chi connectivity index (χ1v) is 9.07. The highest BCUT2D eigenvalue weighted by Gasteiger charge is 2.43. The molecule has 0 radical (unpaired) electrons. The van der Waals surface area contributed by atoms with Gasteiger partial charge in [-0.1, -0.05) is 36.6 Å². The molecule has 8 heteroatoms. The summed E-state index contributed by atoms with van der Waals surface area (Å²) in [6, 6.07) is 11.7. The van der Waals surface area contributed by atoms with Crippen LogP contribution in [0.5, 0.6) is 0 Å². The summed E-state index contributed by atoms with van der Waals surface area (Å²) >= 11 is 6.14. The predicted molar refractivity (Wildman–Crippen MR) is 99.3 cm³/mol. The highest BCUT2D eigenvalue weighted by atomic mass is 35.5. The first-order valence-electron chi connectivity index (χ1n) is 8.69. The van der Waals surface area contributed by atoms with Crippen LogP contribution >= 0.6 is 11.6 Å². The molecule has 0 unspecified atom stereocenters. The maximum atomic E-state index is 14.4. The summed E-state index contributed by atoms with van der Waals surface area (Å²) in [4.78, 5) is 13.2. The second kappa shape index (κ2) is 7.08. The summed E-state index contributed by atoms with van der Waals surface area (Å²) < 4.78 is 15.8. The average molecular weight is 386 g/mol. The van der Waals surface area contributed by atoms with Crippen LogP contribution in [0.15, 0.2) is 48.8 Å². The van der Waals surface area contributed by atoms with Crippen molar-refractivity contribution in [2.45, 2.75) is 31.1 Å². The summed E-state index contributed by atoms with van der Waals surface area (Å²) in [5, 5.41) is 14.3. The molecular weight excluding hydrogens is 369 g/mol. The fraction of sp³-hybridized carbons (Fsp3) is 0.263. The molecule has 1 aliphatic carbocycles. The quantitative estimate of drug-likeness (QED) is 0.739. The molecule has 1 N–H and O–H groups in total. The number of carbonyl (C=O) groups excluding carboxylic acids is 1. The fourth-order valence-corrected chi connectivity index (χ4v) is 3.87. The van der Waals surface area contributed by atoms with E-state index in [-0.39, 0.29) is 11.6 Å². The highest BCUT2D eigenvalue weighted by molar-refractivity contribution is 6.30. The Bertz CT molecular complexity index is 970. The number of anilines is 1. The van der Waals surface area contributed by atoms with Gasteiger partial charge in [-0.15, -0.1) is 5.10 Å². The second-order valence-electron chi connectivity index (χ2n) is 6.67. The number of hydrogen-bond donors (Lipinski definition) is 1. The van der Waals surface area contributed by atoms with Crippen molar-refractivity contribution in [1.82, 2.24) is 20.2 Å². The Balaban J connectivity index is 1.67. The summed E-state index contributed by atoms with van der Waals surface area (Å²) in [7, 11) is 0. The zero-order chi connectivity index (χ0) is 18.9. The Morgan fingerprint density at radius 1 is 1.19 bits per heavy atom. The normalized spacial score (nSPS) is 15.6. The van der Waals surface area contributed by atoms with Gasteiger partial charge < -0.3 is 5.32 Å². The Morgan fingerprint density at radius 3 is 2.70 bits per heavy atom. The molecule has 1 heterocycles. The molecule has 1 aromatic heterocycles. The van der Waals surface area contributed by atoms with Crippen LogP contribution < -0.4 is 5.32 Å². The molecule has 3 aromatic rings. The van der Waals surface area contributed by atoms with Gasteiger partial charge in [0.25, 0.3) is 0 Å². The number of tetrazole rings is 1. The molecular formula is C19H17ClFN5O. The molecule has 1 fully saturated rings. The van der Waals surface area contributed by atoms with Crippen molar-refractivity contribution in [1.29, 1.82) is 0 Å². The van der Waals surface area contributed by atoms with Crippen LogP contribution in [-0.4, -0.2) is 26.1 Å². The molecule has 138 valence electrons. The SMILES string of the molecule is O=C(Nc1cc(-n2cnnn2)ccc1F)C1(c2cccc(Cl)c2)CCCC1. The Hall–Kier alpha value is -2.80. The molecule has 6 nitrogen and oxygen atoms in total. The summed E-state index contributed by atoms with van der Waals surface area (Å²) in [5.74, 6) is -0.741. The van der Waals surface area contributed by atoms with Gasteiger partial charge in [-0.05, 0) is 59.2 Å². The van der Waals surface area contributed by atoms with Gasteiger partial charge in [0.2, 0.25) is 5.91 Å². The number of halogens is 2. The van der Waals surface area contributed by atoms with Crippen LogP contribution in [0.2, 0.25) is 5.02 Å². The number of nitrogens with zero attached hydrogens (tertiary/aromatic N) is 4. The lowest BCUT2D eigenvalue weighted by molar-refractivity contribution is -0.121. The van der Waals surface area contributed by atoms with E-state index < -0.39 is 11.2 Å². The topological polar surface area (TPSA) is 72.7 Å². The first-order chi connectivity index (χ1) is 13.1. The van der Waals surface area contributed by atoms with Gasteiger partial charge in [0, 0.05) is 5.02 Å². The van der Waals surface area contributed by atoms with E-state index in [1.807, 2.05) is 18.2 Å². The largest absolute Gasteiger partial charge is 0.323 e. The van der Waals surface area contributed by atoms with Crippen LogP contribution in [0.1, 0.15) is 31.2 Å². The molecule has 0 saturated heterocycles. The van der Waals surface area contributed by atoms with Crippen molar-refractivity contribution >= 4 is 23.2 Å². The van der Waals surface area contributed by atoms with Gasteiger partial charge in [-0.25, -0.2) is 9.07 Å². The first kappa shape index (κ1) is 17.6. The highest BCUT2D eigenvalue weighted by Crippen LogP contribution is 2.42. The van der Waals surface area contributed by atoms with Gasteiger partial charge in [0.05, 0.1) is 16.8 Å². The lowest BCUT2D eigenvalue weighted by atomic mass is 9.78. The smallest absolute Gasteiger partial charge is 0.235 e. The van der Waals surface area contributed by atoms with Crippen molar-refractivity contribution in [3.05, 3.63) is 65.2 Å². The minimum atomic E-state index is -0.706. The third-order valence-electron chi connectivity index (χ3n) is 5.08. The number of hydrogen-bond acceptors (Lipinski definition) is 4. The van der Waals surface area contributed by atoms with Crippen LogP contribution in [0, 0.1) is 5.82 Å². The van der Waals surface area contributed by atoms with Crippen molar-refractivity contribution in [3.8, 4) is 5.69 Å². The number of benzene rings is 2. The average Bonchev–Trinajstić information content (AvgIpc) is 3.36. The second-order valence-corrected chi connectivity index (χ2v) is 7.11. The maximum absolute atomic E-state index is 14.4. The zero-order valence-corrected chi connectivity index (χ0v) is 15.2. The molecule has 1 amide bonds. The lowest BCUT2D eigenvalue weighted by Crippen LogP contribution is -2.38. The minimum absolute atomic E-state index is 0.0984. The Labute approximate surface area is 160 Å². The van der Waals surface area contributed by atoms with E-state index in [9.17, 15) is 9.18 Å². The van der Waals surface area contributed by atoms with Crippen LogP contribution in [0.4, 0.5) is 10.1 Å². The molecule has 2 aromatic carbocycles. The Kier molecular flexibility index (Phi) is 4.61. The number of carbonyl (C=O) groups is 1. The monoisotopic (exact) mass is 385 g/mol. The fourth-order valence-electron chi connectivity index (χ4n) is 3.68. The molecule has 0 bridgehead atoms. The molecule has 0 spiro atoms. The third kappa shape index (κ3) is 3.30. The number of amides is 1. The van der Waals surface area contributed by atoms with E-state index in [4.69, 9.17) is 11.6 Å². The van der Waals surface area contributed by atoms with Crippen LogP contribution in [-0.2, 0) is 10.2 Å². The number of aromatic nitrogens is 4. The van der Waals surface area contributed by atoms with Gasteiger partial charge in [-0.3, -0.25) is 4.79 Å². The Morgan fingerprint density at radius 2 is 2.00 bits per heavy atom. The van der Waals surface area contributed by atoms with Crippen molar-refractivity contribution < 1.29 is 9.18 Å². The van der Waals surface area contributed by atoms with E-state index in [0.717, 1.165) is 18.4 Å². The number of nitrogens with one attached hydrogen (secondary N) is 1. The molecule has 0 atom stereocenters. The van der Waals surface area contributed by atoms with Crippen molar-refractivity contribution in [3.63, 3.8) is 0 Å². The minimum Gasteiger partial charge on any atom is -0.323 e. The van der Waals surface area contributed by atoms with Crippen LogP contribution in [0.3, 0.4) is 0 Å². The van der Waals surface area contributed by atoms with Gasteiger partial charge in [0.1, 0.15) is 12.1 Å². The molecule has 1 saturated carbocycles. The van der Waals surface area contributed by atoms with Gasteiger partial charge in [-0.2, -0.15) is 0 Å². The zero-order valence-electron chi connectivity index (χ0n) is 14.4. The molecule has 1 aliphatic rings. The molecule has 27 heavy (non-hydrogen) atoms. The van der Waals surface area contributed by atoms with Crippen molar-refractivity contribution in [2.24, 2.45) is 0 Å². The summed E-state index contributed by atoms with van der Waals surface area (Å²) in [6.07, 6.45) is 4.68. The maximum Gasteiger partial charge on any atom is 0.235 e. The van der Waals surface area contributed by atoms with Gasteiger partial charge in [0.15, 0.2) is 0 Å². The molecule has 0 aliphatic heterocycles. The summed E-state index contributed by atoms with van der Waals surface area (Å²) in [6.45, 7) is 0.